The third kappa shape index (κ3) is 5.01. The van der Waals surface area contributed by atoms with E-state index in [1.165, 1.54) is 0 Å². The van der Waals surface area contributed by atoms with Crippen LogP contribution in [0.15, 0.2) is 24.3 Å². The van der Waals surface area contributed by atoms with Gasteiger partial charge in [0.05, 0.1) is 5.60 Å². The van der Waals surface area contributed by atoms with Gasteiger partial charge in [-0.2, -0.15) is 0 Å². The summed E-state index contributed by atoms with van der Waals surface area (Å²) in [6.07, 6.45) is 0.814. The van der Waals surface area contributed by atoms with Crippen LogP contribution in [-0.2, 0) is 6.42 Å². The van der Waals surface area contributed by atoms with E-state index in [1.54, 1.807) is 25.8 Å². The molecule has 0 atom stereocenters. The zero-order valence-electron chi connectivity index (χ0n) is 12.2. The molecule has 0 aromatic heterocycles. The smallest absolute Gasteiger partial charge is 0.253 e. The molecule has 19 heavy (non-hydrogen) atoms. The SMILES string of the molecule is CNCCc1ccccc1C(=O)N(C)CC(C)(C)O. The topological polar surface area (TPSA) is 52.6 Å². The van der Waals surface area contributed by atoms with Crippen LogP contribution in [0.2, 0.25) is 0 Å². The Morgan fingerprint density at radius 3 is 2.58 bits per heavy atom. The van der Waals surface area contributed by atoms with Gasteiger partial charge in [0.2, 0.25) is 0 Å². The molecule has 0 spiro atoms. The molecule has 1 amide bonds. The van der Waals surface area contributed by atoms with E-state index >= 15 is 0 Å². The van der Waals surface area contributed by atoms with E-state index in [9.17, 15) is 9.90 Å². The van der Waals surface area contributed by atoms with Gasteiger partial charge in [-0.15, -0.1) is 0 Å². The van der Waals surface area contributed by atoms with E-state index in [4.69, 9.17) is 0 Å². The summed E-state index contributed by atoms with van der Waals surface area (Å²) in [5.74, 6) is -0.0474. The Morgan fingerprint density at radius 2 is 2.00 bits per heavy atom. The summed E-state index contributed by atoms with van der Waals surface area (Å²) < 4.78 is 0. The number of nitrogens with zero attached hydrogens (tertiary/aromatic N) is 1. The Morgan fingerprint density at radius 1 is 1.37 bits per heavy atom. The maximum atomic E-state index is 12.4. The number of aliphatic hydroxyl groups is 1. The summed E-state index contributed by atoms with van der Waals surface area (Å²) in [4.78, 5) is 14.0. The van der Waals surface area contributed by atoms with Crippen LogP contribution >= 0.6 is 0 Å². The minimum atomic E-state index is -0.885. The van der Waals surface area contributed by atoms with Crippen molar-refractivity contribution >= 4 is 5.91 Å². The van der Waals surface area contributed by atoms with Crippen molar-refractivity contribution in [3.63, 3.8) is 0 Å². The molecule has 0 fully saturated rings. The van der Waals surface area contributed by atoms with Crippen LogP contribution in [0.25, 0.3) is 0 Å². The minimum Gasteiger partial charge on any atom is -0.389 e. The largest absolute Gasteiger partial charge is 0.389 e. The van der Waals surface area contributed by atoms with Gasteiger partial charge in [0.1, 0.15) is 0 Å². The highest BCUT2D eigenvalue weighted by molar-refractivity contribution is 5.95. The number of carbonyl (C=O) groups excluding carboxylic acids is 1. The van der Waals surface area contributed by atoms with Crippen LogP contribution in [-0.4, -0.2) is 48.7 Å². The van der Waals surface area contributed by atoms with Crippen LogP contribution in [0.4, 0.5) is 0 Å². The van der Waals surface area contributed by atoms with Crippen molar-refractivity contribution in [2.75, 3.05) is 27.2 Å². The Labute approximate surface area is 115 Å². The first-order chi connectivity index (χ1) is 8.85. The summed E-state index contributed by atoms with van der Waals surface area (Å²) in [5, 5.41) is 12.9. The molecule has 1 rings (SSSR count). The third-order valence-corrected chi connectivity index (χ3v) is 2.86. The van der Waals surface area contributed by atoms with E-state index in [0.29, 0.717) is 12.1 Å². The van der Waals surface area contributed by atoms with Crippen molar-refractivity contribution in [2.24, 2.45) is 0 Å². The first kappa shape index (κ1) is 15.7. The first-order valence-corrected chi connectivity index (χ1v) is 6.55. The maximum absolute atomic E-state index is 12.4. The van der Waals surface area contributed by atoms with Crippen molar-refractivity contribution in [3.05, 3.63) is 35.4 Å². The lowest BCUT2D eigenvalue weighted by molar-refractivity contribution is 0.0367. The van der Waals surface area contributed by atoms with E-state index < -0.39 is 5.60 Å². The predicted octanol–water partition coefficient (Wildman–Crippen LogP) is 1.29. The fourth-order valence-electron chi connectivity index (χ4n) is 2.06. The number of amides is 1. The average molecular weight is 264 g/mol. The molecule has 4 nitrogen and oxygen atoms in total. The summed E-state index contributed by atoms with van der Waals surface area (Å²) in [5.41, 5.74) is 0.860. The second kappa shape index (κ2) is 6.68. The molecular formula is C15H24N2O2. The Balaban J connectivity index is 2.86. The molecule has 1 aromatic rings. The molecule has 106 valence electrons. The second-order valence-corrected chi connectivity index (χ2v) is 5.48. The van der Waals surface area contributed by atoms with Crippen LogP contribution in [0.5, 0.6) is 0 Å². The minimum absolute atomic E-state index is 0.0474. The molecule has 0 saturated heterocycles. The first-order valence-electron chi connectivity index (χ1n) is 6.55. The maximum Gasteiger partial charge on any atom is 0.253 e. The molecule has 0 radical (unpaired) electrons. The van der Waals surface area contributed by atoms with E-state index in [1.807, 2.05) is 31.3 Å². The number of carbonyl (C=O) groups is 1. The molecule has 0 heterocycles. The Bertz CT molecular complexity index is 424. The Hall–Kier alpha value is -1.39. The number of likely N-dealkylation sites (N-methyl/N-ethyl adjacent to an activating group) is 2. The van der Waals surface area contributed by atoms with Gasteiger partial charge in [-0.25, -0.2) is 0 Å². The lowest BCUT2D eigenvalue weighted by Gasteiger charge is -2.26. The molecule has 0 aliphatic carbocycles. The molecule has 2 N–H and O–H groups in total. The van der Waals surface area contributed by atoms with Crippen molar-refractivity contribution in [3.8, 4) is 0 Å². The summed E-state index contributed by atoms with van der Waals surface area (Å²) in [6.45, 7) is 4.54. The number of rotatable bonds is 6. The van der Waals surface area contributed by atoms with Crippen LogP contribution in [0.1, 0.15) is 29.8 Å². The highest BCUT2D eigenvalue weighted by Gasteiger charge is 2.21. The third-order valence-electron chi connectivity index (χ3n) is 2.86. The van der Waals surface area contributed by atoms with E-state index in [2.05, 4.69) is 5.32 Å². The molecular weight excluding hydrogens is 240 g/mol. The summed E-state index contributed by atoms with van der Waals surface area (Å²) in [7, 11) is 3.61. The summed E-state index contributed by atoms with van der Waals surface area (Å²) >= 11 is 0. The predicted molar refractivity (Wildman–Crippen MR) is 77.3 cm³/mol. The molecule has 0 aliphatic rings. The molecule has 0 saturated carbocycles. The van der Waals surface area contributed by atoms with Gasteiger partial charge in [-0.1, -0.05) is 18.2 Å². The summed E-state index contributed by atoms with van der Waals surface area (Å²) in [6, 6.07) is 7.63. The van der Waals surface area contributed by atoms with E-state index in [-0.39, 0.29) is 5.91 Å². The van der Waals surface area contributed by atoms with Crippen molar-refractivity contribution in [1.29, 1.82) is 0 Å². The lowest BCUT2D eigenvalue weighted by atomic mass is 10.0. The quantitative estimate of drug-likeness (QED) is 0.814. The van der Waals surface area contributed by atoms with Crippen molar-refractivity contribution in [1.82, 2.24) is 10.2 Å². The lowest BCUT2D eigenvalue weighted by Crippen LogP contribution is -2.40. The van der Waals surface area contributed by atoms with Crippen molar-refractivity contribution in [2.45, 2.75) is 25.9 Å². The number of nitrogens with one attached hydrogen (secondary N) is 1. The van der Waals surface area contributed by atoms with Gasteiger partial charge in [-0.05, 0) is 45.5 Å². The van der Waals surface area contributed by atoms with Gasteiger partial charge < -0.3 is 15.3 Å². The standard InChI is InChI=1S/C15H24N2O2/c1-15(2,19)11-17(4)14(18)13-8-6-5-7-12(13)9-10-16-3/h5-8,16,19H,9-11H2,1-4H3. The van der Waals surface area contributed by atoms with Gasteiger partial charge in [0.15, 0.2) is 0 Å². The second-order valence-electron chi connectivity index (χ2n) is 5.48. The number of hydrogen-bond donors (Lipinski definition) is 2. The molecule has 1 aromatic carbocycles. The normalized spacial score (nSPS) is 11.4. The van der Waals surface area contributed by atoms with Gasteiger partial charge in [0, 0.05) is 19.2 Å². The fraction of sp³-hybridized carbons (Fsp3) is 0.533. The van der Waals surface area contributed by atoms with Crippen LogP contribution < -0.4 is 5.32 Å². The molecule has 0 bridgehead atoms. The van der Waals surface area contributed by atoms with Gasteiger partial charge >= 0.3 is 0 Å². The fourth-order valence-corrected chi connectivity index (χ4v) is 2.06. The Kier molecular flexibility index (Phi) is 5.51. The van der Waals surface area contributed by atoms with Crippen LogP contribution in [0.3, 0.4) is 0 Å². The average Bonchev–Trinajstić information content (AvgIpc) is 2.33. The number of hydrogen-bond acceptors (Lipinski definition) is 3. The van der Waals surface area contributed by atoms with Gasteiger partial charge in [-0.3, -0.25) is 4.79 Å². The highest BCUT2D eigenvalue weighted by atomic mass is 16.3. The van der Waals surface area contributed by atoms with Gasteiger partial charge in [0.25, 0.3) is 5.91 Å². The monoisotopic (exact) mass is 264 g/mol. The number of benzene rings is 1. The van der Waals surface area contributed by atoms with Crippen molar-refractivity contribution < 1.29 is 9.90 Å². The molecule has 4 heteroatoms. The zero-order chi connectivity index (χ0) is 14.5. The zero-order valence-corrected chi connectivity index (χ0v) is 12.2. The molecule has 0 unspecified atom stereocenters. The molecule has 0 aliphatic heterocycles. The van der Waals surface area contributed by atoms with E-state index in [0.717, 1.165) is 18.5 Å². The van der Waals surface area contributed by atoms with Crippen LogP contribution in [0, 0.1) is 0 Å². The highest BCUT2D eigenvalue weighted by Crippen LogP contribution is 2.13.